The minimum atomic E-state index is 0.628. The summed E-state index contributed by atoms with van der Waals surface area (Å²) >= 11 is 3.57. The Bertz CT molecular complexity index is 734. The highest BCUT2D eigenvalue weighted by atomic mass is 79.9. The van der Waals surface area contributed by atoms with Crippen molar-refractivity contribution >= 4 is 26.8 Å². The fourth-order valence-electron chi connectivity index (χ4n) is 2.31. The van der Waals surface area contributed by atoms with Crippen LogP contribution < -0.4 is 9.47 Å². The number of hydrogen-bond donors (Lipinski definition) is 0. The van der Waals surface area contributed by atoms with Gasteiger partial charge < -0.3 is 14.0 Å². The fourth-order valence-corrected chi connectivity index (χ4v) is 2.80. The average Bonchev–Trinajstić information content (AvgIpc) is 2.93. The van der Waals surface area contributed by atoms with Crippen molar-refractivity contribution in [3.8, 4) is 11.5 Å². The molecule has 108 valence electrons. The summed E-state index contributed by atoms with van der Waals surface area (Å²) in [5.41, 5.74) is 1.21. The molecule has 0 atom stereocenters. The topological polar surface area (TPSA) is 23.4 Å². The molecule has 0 fully saturated rings. The van der Waals surface area contributed by atoms with Crippen LogP contribution in [0.25, 0.3) is 10.9 Å². The zero-order valence-electron chi connectivity index (χ0n) is 11.8. The first-order valence-electron chi connectivity index (χ1n) is 6.78. The van der Waals surface area contributed by atoms with Crippen LogP contribution in [0.15, 0.2) is 59.2 Å². The molecule has 0 aliphatic carbocycles. The average molecular weight is 346 g/mol. The predicted molar refractivity (Wildman–Crippen MR) is 88.1 cm³/mol. The smallest absolute Gasteiger partial charge is 0.119 e. The van der Waals surface area contributed by atoms with Crippen LogP contribution in [-0.2, 0) is 6.54 Å². The second-order valence-electron chi connectivity index (χ2n) is 4.71. The Hall–Kier alpha value is -1.94. The van der Waals surface area contributed by atoms with Crippen molar-refractivity contribution in [2.45, 2.75) is 6.54 Å². The van der Waals surface area contributed by atoms with Gasteiger partial charge in [0.15, 0.2) is 0 Å². The lowest BCUT2D eigenvalue weighted by molar-refractivity contribution is 0.300. The van der Waals surface area contributed by atoms with Gasteiger partial charge >= 0.3 is 0 Å². The number of nitrogens with zero attached hydrogens (tertiary/aromatic N) is 1. The van der Waals surface area contributed by atoms with Crippen molar-refractivity contribution in [3.05, 3.63) is 59.2 Å². The summed E-state index contributed by atoms with van der Waals surface area (Å²) in [5.74, 6) is 1.69. The van der Waals surface area contributed by atoms with Crippen molar-refractivity contribution in [1.29, 1.82) is 0 Å². The lowest BCUT2D eigenvalue weighted by Gasteiger charge is -2.09. The highest BCUT2D eigenvalue weighted by Crippen LogP contribution is 2.24. The fraction of sp³-hybridized carbons (Fsp3) is 0.176. The van der Waals surface area contributed by atoms with E-state index in [1.165, 1.54) is 10.9 Å². The molecular weight excluding hydrogens is 330 g/mol. The monoisotopic (exact) mass is 345 g/mol. The first-order chi connectivity index (χ1) is 10.3. The first-order valence-corrected chi connectivity index (χ1v) is 7.57. The van der Waals surface area contributed by atoms with E-state index in [4.69, 9.17) is 9.47 Å². The van der Waals surface area contributed by atoms with Crippen LogP contribution in [0, 0.1) is 0 Å². The number of ether oxygens (including phenoxy) is 2. The lowest BCUT2D eigenvalue weighted by atomic mass is 10.2. The molecule has 4 heteroatoms. The van der Waals surface area contributed by atoms with E-state index in [9.17, 15) is 0 Å². The van der Waals surface area contributed by atoms with Crippen LogP contribution in [0.4, 0.5) is 0 Å². The molecule has 0 radical (unpaired) electrons. The minimum Gasteiger partial charge on any atom is -0.497 e. The first kappa shape index (κ1) is 14.0. The lowest BCUT2D eigenvalue weighted by Crippen LogP contribution is -2.07. The van der Waals surface area contributed by atoms with E-state index in [2.05, 4.69) is 44.9 Å². The Labute approximate surface area is 132 Å². The van der Waals surface area contributed by atoms with Crippen LogP contribution in [0.1, 0.15) is 0 Å². The van der Waals surface area contributed by atoms with E-state index < -0.39 is 0 Å². The molecule has 0 N–H and O–H groups in total. The number of benzene rings is 2. The van der Waals surface area contributed by atoms with Crippen LogP contribution in [0.3, 0.4) is 0 Å². The summed E-state index contributed by atoms with van der Waals surface area (Å²) in [6.07, 6.45) is 2.09. The summed E-state index contributed by atoms with van der Waals surface area (Å²) < 4.78 is 14.2. The standard InChI is InChI=1S/C17H16BrNO2/c1-20-13-5-7-14(8-6-13)21-12-11-19-10-9-15-16(18)3-2-4-17(15)19/h2-10H,11-12H2,1H3. The molecule has 3 rings (SSSR count). The van der Waals surface area contributed by atoms with Crippen molar-refractivity contribution in [2.75, 3.05) is 13.7 Å². The number of hydrogen-bond acceptors (Lipinski definition) is 2. The molecule has 1 heterocycles. The van der Waals surface area contributed by atoms with Gasteiger partial charge in [-0.3, -0.25) is 0 Å². The molecule has 0 aliphatic heterocycles. The van der Waals surface area contributed by atoms with Crippen molar-refractivity contribution in [2.24, 2.45) is 0 Å². The Morgan fingerprint density at radius 1 is 1.00 bits per heavy atom. The molecule has 3 nitrogen and oxygen atoms in total. The van der Waals surface area contributed by atoms with E-state index in [0.29, 0.717) is 6.61 Å². The maximum Gasteiger partial charge on any atom is 0.119 e. The third-order valence-electron chi connectivity index (χ3n) is 3.42. The molecule has 1 aromatic heterocycles. The maximum atomic E-state index is 5.77. The van der Waals surface area contributed by atoms with E-state index in [0.717, 1.165) is 22.5 Å². The molecule has 0 amide bonds. The van der Waals surface area contributed by atoms with E-state index in [-0.39, 0.29) is 0 Å². The van der Waals surface area contributed by atoms with E-state index >= 15 is 0 Å². The Morgan fingerprint density at radius 3 is 2.52 bits per heavy atom. The van der Waals surface area contributed by atoms with Crippen LogP contribution in [0.5, 0.6) is 11.5 Å². The third-order valence-corrected chi connectivity index (χ3v) is 4.11. The normalized spacial score (nSPS) is 10.8. The van der Waals surface area contributed by atoms with Gasteiger partial charge in [-0.05, 0) is 42.5 Å². The Morgan fingerprint density at radius 2 is 1.76 bits per heavy atom. The molecular formula is C17H16BrNO2. The number of halogens is 1. The van der Waals surface area contributed by atoms with Gasteiger partial charge in [0, 0.05) is 21.6 Å². The van der Waals surface area contributed by atoms with Crippen molar-refractivity contribution in [3.63, 3.8) is 0 Å². The van der Waals surface area contributed by atoms with Gasteiger partial charge in [0.05, 0.1) is 13.7 Å². The van der Waals surface area contributed by atoms with Crippen LogP contribution >= 0.6 is 15.9 Å². The third kappa shape index (κ3) is 3.05. The predicted octanol–water partition coefficient (Wildman–Crippen LogP) is 4.49. The summed E-state index contributed by atoms with van der Waals surface area (Å²) in [7, 11) is 1.66. The number of fused-ring (bicyclic) bond motifs is 1. The van der Waals surface area contributed by atoms with Crippen LogP contribution in [0.2, 0.25) is 0 Å². The van der Waals surface area contributed by atoms with E-state index in [1.54, 1.807) is 7.11 Å². The zero-order valence-corrected chi connectivity index (χ0v) is 13.3. The molecule has 0 saturated carbocycles. The molecule has 0 spiro atoms. The summed E-state index contributed by atoms with van der Waals surface area (Å²) in [5, 5.41) is 1.22. The molecule has 0 unspecified atom stereocenters. The Balaban J connectivity index is 1.65. The second kappa shape index (κ2) is 6.22. The van der Waals surface area contributed by atoms with Gasteiger partial charge in [0.1, 0.15) is 18.1 Å². The van der Waals surface area contributed by atoms with E-state index in [1.807, 2.05) is 30.3 Å². The number of aromatic nitrogens is 1. The second-order valence-corrected chi connectivity index (χ2v) is 5.56. The molecule has 0 aliphatic rings. The van der Waals surface area contributed by atoms with Crippen molar-refractivity contribution in [1.82, 2.24) is 4.57 Å². The van der Waals surface area contributed by atoms with Gasteiger partial charge in [-0.1, -0.05) is 22.0 Å². The minimum absolute atomic E-state index is 0.628. The summed E-state index contributed by atoms with van der Waals surface area (Å²) in [4.78, 5) is 0. The molecule has 0 saturated heterocycles. The summed E-state index contributed by atoms with van der Waals surface area (Å²) in [6.45, 7) is 1.44. The SMILES string of the molecule is COc1ccc(OCCn2ccc3c(Br)cccc32)cc1. The quantitative estimate of drug-likeness (QED) is 0.679. The number of methoxy groups -OCH3 is 1. The largest absolute Gasteiger partial charge is 0.497 e. The zero-order chi connectivity index (χ0) is 14.7. The van der Waals surface area contributed by atoms with Gasteiger partial charge in [-0.25, -0.2) is 0 Å². The molecule has 0 bridgehead atoms. The van der Waals surface area contributed by atoms with Gasteiger partial charge in [-0.2, -0.15) is 0 Å². The van der Waals surface area contributed by atoms with Gasteiger partial charge in [0.25, 0.3) is 0 Å². The molecule has 3 aromatic rings. The van der Waals surface area contributed by atoms with Gasteiger partial charge in [-0.15, -0.1) is 0 Å². The van der Waals surface area contributed by atoms with Crippen LogP contribution in [-0.4, -0.2) is 18.3 Å². The Kier molecular flexibility index (Phi) is 4.15. The highest BCUT2D eigenvalue weighted by Gasteiger charge is 2.03. The number of rotatable bonds is 5. The maximum absolute atomic E-state index is 5.77. The molecule has 2 aromatic carbocycles. The highest BCUT2D eigenvalue weighted by molar-refractivity contribution is 9.10. The summed E-state index contributed by atoms with van der Waals surface area (Å²) in [6, 6.07) is 16.0. The van der Waals surface area contributed by atoms with Crippen molar-refractivity contribution < 1.29 is 9.47 Å². The van der Waals surface area contributed by atoms with Gasteiger partial charge in [0.2, 0.25) is 0 Å². The molecule has 21 heavy (non-hydrogen) atoms.